The molecule has 0 spiro atoms. The topological polar surface area (TPSA) is 76.2 Å². The molecular formula is C23H32N2O5. The summed E-state index contributed by atoms with van der Waals surface area (Å²) in [6.07, 6.45) is 2.19. The minimum Gasteiger partial charge on any atom is -0.497 e. The number of H-pyrrole nitrogens is 1. The number of aliphatic hydroxyl groups is 1. The fourth-order valence-electron chi connectivity index (χ4n) is 6.35. The molecule has 2 aromatic rings. The zero-order valence-electron chi connectivity index (χ0n) is 18.0. The fourth-order valence-corrected chi connectivity index (χ4v) is 6.35. The summed E-state index contributed by atoms with van der Waals surface area (Å²) in [6, 6.07) is 6.67. The molecule has 5 rings (SSSR count). The lowest BCUT2D eigenvalue weighted by molar-refractivity contribution is -0.295. The van der Waals surface area contributed by atoms with Crippen LogP contribution in [0.3, 0.4) is 0 Å². The predicted octanol–water partition coefficient (Wildman–Crippen LogP) is 2.69. The predicted molar refractivity (Wildman–Crippen MR) is 112 cm³/mol. The number of benzene rings is 1. The van der Waals surface area contributed by atoms with Gasteiger partial charge in [-0.25, -0.2) is 9.78 Å². The molecule has 1 saturated carbocycles. The van der Waals surface area contributed by atoms with E-state index in [2.05, 4.69) is 22.0 Å². The van der Waals surface area contributed by atoms with Crippen molar-refractivity contribution in [1.29, 1.82) is 0 Å². The van der Waals surface area contributed by atoms with E-state index in [-0.39, 0.29) is 12.0 Å². The maximum atomic E-state index is 10.7. The van der Waals surface area contributed by atoms with E-state index in [0.717, 1.165) is 43.6 Å². The summed E-state index contributed by atoms with van der Waals surface area (Å²) in [5.74, 6) is 1.85. The van der Waals surface area contributed by atoms with Crippen LogP contribution >= 0.6 is 0 Å². The third kappa shape index (κ3) is 3.24. The molecule has 30 heavy (non-hydrogen) atoms. The summed E-state index contributed by atoms with van der Waals surface area (Å²) in [5.41, 5.74) is 3.93. The van der Waals surface area contributed by atoms with Crippen LogP contribution in [0.25, 0.3) is 10.9 Å². The van der Waals surface area contributed by atoms with Crippen molar-refractivity contribution in [1.82, 2.24) is 9.88 Å². The van der Waals surface area contributed by atoms with Crippen LogP contribution in [0.4, 0.5) is 0 Å². The number of aliphatic hydroxyl groups excluding tert-OH is 1. The zero-order valence-corrected chi connectivity index (χ0v) is 18.0. The molecule has 3 aliphatic rings. The lowest BCUT2D eigenvalue weighted by atomic mass is 9.64. The van der Waals surface area contributed by atoms with Crippen LogP contribution in [0, 0.1) is 17.8 Å². The van der Waals surface area contributed by atoms with Gasteiger partial charge in [-0.2, -0.15) is 0 Å². The van der Waals surface area contributed by atoms with Crippen LogP contribution in [-0.4, -0.2) is 68.2 Å². The number of aromatic nitrogens is 1. The van der Waals surface area contributed by atoms with Crippen molar-refractivity contribution in [2.45, 2.75) is 37.5 Å². The Morgan fingerprint density at radius 1 is 1.20 bits per heavy atom. The van der Waals surface area contributed by atoms with Crippen molar-refractivity contribution in [2.24, 2.45) is 17.8 Å². The largest absolute Gasteiger partial charge is 0.497 e. The van der Waals surface area contributed by atoms with E-state index < -0.39 is 6.10 Å². The van der Waals surface area contributed by atoms with E-state index >= 15 is 0 Å². The van der Waals surface area contributed by atoms with Crippen molar-refractivity contribution < 1.29 is 24.4 Å². The molecule has 1 aromatic carbocycles. The summed E-state index contributed by atoms with van der Waals surface area (Å²) in [7, 11) is 4.93. The minimum atomic E-state index is -0.459. The Morgan fingerprint density at radius 3 is 2.83 bits per heavy atom. The molecule has 0 bridgehead atoms. The lowest BCUT2D eigenvalue weighted by Crippen LogP contribution is -2.56. The van der Waals surface area contributed by atoms with E-state index in [1.165, 1.54) is 23.8 Å². The quantitative estimate of drug-likeness (QED) is 0.577. The molecule has 2 fully saturated rings. The first-order valence-corrected chi connectivity index (χ1v) is 10.9. The normalized spacial score (nSPS) is 33.7. The van der Waals surface area contributed by atoms with Gasteiger partial charge in [-0.1, -0.05) is 0 Å². The highest BCUT2D eigenvalue weighted by atomic mass is 17.2. The number of nitrogens with one attached hydrogen (secondary N) is 1. The maximum absolute atomic E-state index is 10.7. The second-order valence-corrected chi connectivity index (χ2v) is 8.97. The summed E-state index contributed by atoms with van der Waals surface area (Å²) < 4.78 is 11.1. The number of methoxy groups -OCH3 is 2. The van der Waals surface area contributed by atoms with Crippen LogP contribution in [0.5, 0.6) is 5.75 Å². The second kappa shape index (κ2) is 8.13. The van der Waals surface area contributed by atoms with Gasteiger partial charge < -0.3 is 19.6 Å². The van der Waals surface area contributed by atoms with Gasteiger partial charge in [0.2, 0.25) is 0 Å². The summed E-state index contributed by atoms with van der Waals surface area (Å²) in [4.78, 5) is 16.6. The van der Waals surface area contributed by atoms with E-state index in [4.69, 9.17) is 19.2 Å². The first-order valence-electron chi connectivity index (χ1n) is 10.9. The van der Waals surface area contributed by atoms with E-state index in [1.807, 2.05) is 6.07 Å². The van der Waals surface area contributed by atoms with Crippen LogP contribution in [0.1, 0.15) is 30.1 Å². The van der Waals surface area contributed by atoms with Crippen molar-refractivity contribution in [3.63, 3.8) is 0 Å². The Balaban J connectivity index is 1.48. The van der Waals surface area contributed by atoms with E-state index in [1.54, 1.807) is 14.2 Å². The van der Waals surface area contributed by atoms with Gasteiger partial charge in [0.05, 0.1) is 39.1 Å². The Bertz CT molecular complexity index is 899. The SMILES string of the molecule is COOC[C@H]1[C@H]2C[C@@H]3c4[nH]c5cc(OC)ccc5c4CCN3C[C@H]2C[C@@H](O)[C@@H]1OC. The number of piperidine rings is 1. The van der Waals surface area contributed by atoms with E-state index in [9.17, 15) is 5.11 Å². The Hall–Kier alpha value is -1.64. The molecule has 6 atom stereocenters. The lowest BCUT2D eigenvalue weighted by Gasteiger charge is -2.53. The van der Waals surface area contributed by atoms with Gasteiger partial charge in [-0.05, 0) is 48.8 Å². The Kier molecular flexibility index (Phi) is 5.49. The molecule has 0 amide bonds. The average Bonchev–Trinajstić information content (AvgIpc) is 3.14. The van der Waals surface area contributed by atoms with Gasteiger partial charge in [0.1, 0.15) is 5.75 Å². The first-order chi connectivity index (χ1) is 14.6. The molecule has 164 valence electrons. The third-order valence-corrected chi connectivity index (χ3v) is 7.69. The molecule has 1 saturated heterocycles. The van der Waals surface area contributed by atoms with Crippen LogP contribution < -0.4 is 4.74 Å². The monoisotopic (exact) mass is 416 g/mol. The number of aromatic amines is 1. The molecule has 0 unspecified atom stereocenters. The first kappa shape index (κ1) is 20.3. The summed E-state index contributed by atoms with van der Waals surface area (Å²) >= 11 is 0. The van der Waals surface area contributed by atoms with Crippen molar-refractivity contribution in [3.05, 3.63) is 29.5 Å². The fraction of sp³-hybridized carbons (Fsp3) is 0.652. The molecular weight excluding hydrogens is 384 g/mol. The van der Waals surface area contributed by atoms with Gasteiger partial charge in [0.15, 0.2) is 0 Å². The van der Waals surface area contributed by atoms with Crippen LogP contribution in [0.15, 0.2) is 18.2 Å². The highest BCUT2D eigenvalue weighted by Crippen LogP contribution is 2.49. The van der Waals surface area contributed by atoms with Gasteiger partial charge in [0, 0.05) is 48.8 Å². The number of nitrogens with zero attached hydrogens (tertiary/aromatic N) is 1. The Morgan fingerprint density at radius 2 is 2.07 bits per heavy atom. The summed E-state index contributed by atoms with van der Waals surface area (Å²) in [5, 5.41) is 12.0. The molecule has 0 radical (unpaired) electrons. The van der Waals surface area contributed by atoms with Crippen LogP contribution in [-0.2, 0) is 20.9 Å². The van der Waals surface area contributed by atoms with Gasteiger partial charge in [-0.3, -0.25) is 4.90 Å². The molecule has 3 heterocycles. The molecule has 2 aliphatic heterocycles. The molecule has 2 N–H and O–H groups in total. The molecule has 7 heteroatoms. The minimum absolute atomic E-state index is 0.112. The standard InChI is InChI=1S/C23H32N2O5/c1-27-14-4-5-15-16-6-7-25-11-13-8-21(26)23(28-2)18(12-30-29-3)17(13)10-20(25)22(16)24-19(15)9-14/h4-5,9,13,17-18,20-21,23-24,26H,6-8,10-12H2,1-3H3/t13-,17+,18+,20-,21-,23-/m1/s1. The zero-order chi connectivity index (χ0) is 20.8. The molecule has 7 nitrogen and oxygen atoms in total. The van der Waals surface area contributed by atoms with Crippen molar-refractivity contribution >= 4 is 10.9 Å². The highest BCUT2D eigenvalue weighted by Gasteiger charge is 2.50. The van der Waals surface area contributed by atoms with Crippen LogP contribution in [0.2, 0.25) is 0 Å². The van der Waals surface area contributed by atoms with Gasteiger partial charge >= 0.3 is 0 Å². The van der Waals surface area contributed by atoms with Gasteiger partial charge in [-0.15, -0.1) is 0 Å². The second-order valence-electron chi connectivity index (χ2n) is 8.97. The number of fused-ring (bicyclic) bond motifs is 6. The van der Waals surface area contributed by atoms with Crippen molar-refractivity contribution in [3.8, 4) is 5.75 Å². The third-order valence-electron chi connectivity index (χ3n) is 7.69. The molecule has 1 aromatic heterocycles. The van der Waals surface area contributed by atoms with Crippen molar-refractivity contribution in [2.75, 3.05) is 41.0 Å². The average molecular weight is 417 g/mol. The number of ether oxygens (including phenoxy) is 2. The Labute approximate surface area is 177 Å². The van der Waals surface area contributed by atoms with E-state index in [0.29, 0.717) is 24.5 Å². The highest BCUT2D eigenvalue weighted by molar-refractivity contribution is 5.86. The number of rotatable bonds is 5. The summed E-state index contributed by atoms with van der Waals surface area (Å²) in [6.45, 7) is 2.50. The van der Waals surface area contributed by atoms with Gasteiger partial charge in [0.25, 0.3) is 0 Å². The smallest absolute Gasteiger partial charge is 0.120 e. The number of hydrogen-bond acceptors (Lipinski definition) is 6. The molecule has 1 aliphatic carbocycles. The number of hydrogen-bond donors (Lipinski definition) is 2. The maximum Gasteiger partial charge on any atom is 0.120 e.